The lowest BCUT2D eigenvalue weighted by atomic mass is 9.98. The summed E-state index contributed by atoms with van der Waals surface area (Å²) in [7, 11) is 2.14. The maximum absolute atomic E-state index is 12.5. The number of rotatable bonds is 7. The molecule has 0 amide bonds. The molecule has 2 unspecified atom stereocenters. The van der Waals surface area contributed by atoms with Gasteiger partial charge in [0, 0.05) is 24.7 Å². The van der Waals surface area contributed by atoms with Crippen molar-refractivity contribution in [3.8, 4) is 11.5 Å². The number of hydrogen-bond donors (Lipinski definition) is 1. The average Bonchev–Trinajstić information content (AvgIpc) is 2.88. The molecule has 2 aliphatic rings. The Morgan fingerprint density at radius 3 is 2.48 bits per heavy atom. The standard InChI is InChI=1S/C18H26F2N2O2.ClH/c1-3-23-17-8-12(4-7-16(17)24-18(19)20)11-22(2)15-9-13-5-6-14(10-15)21-13;/h4,7-8,13-15,18,21H,3,5-6,9-11H2,1-2H3;1H. The number of nitrogens with one attached hydrogen (secondary N) is 1. The molecule has 2 bridgehead atoms. The highest BCUT2D eigenvalue weighted by molar-refractivity contribution is 5.85. The van der Waals surface area contributed by atoms with Crippen LogP contribution >= 0.6 is 12.4 Å². The van der Waals surface area contributed by atoms with Crippen molar-refractivity contribution < 1.29 is 18.3 Å². The van der Waals surface area contributed by atoms with Gasteiger partial charge in [-0.05, 0) is 57.4 Å². The van der Waals surface area contributed by atoms with Gasteiger partial charge in [0.25, 0.3) is 0 Å². The van der Waals surface area contributed by atoms with Gasteiger partial charge in [0.2, 0.25) is 0 Å². The first-order chi connectivity index (χ1) is 11.5. The molecule has 0 radical (unpaired) electrons. The van der Waals surface area contributed by atoms with Gasteiger partial charge in [-0.1, -0.05) is 6.07 Å². The SMILES string of the molecule is CCOc1cc(CN(C)C2CC3CCC(C2)N3)ccc1OC(F)F.Cl. The highest BCUT2D eigenvalue weighted by atomic mass is 35.5. The number of benzene rings is 1. The Morgan fingerprint density at radius 1 is 1.20 bits per heavy atom. The van der Waals surface area contributed by atoms with E-state index in [0.717, 1.165) is 12.1 Å². The van der Waals surface area contributed by atoms with Gasteiger partial charge in [0.1, 0.15) is 0 Å². The maximum atomic E-state index is 12.5. The number of piperidine rings is 1. The largest absolute Gasteiger partial charge is 0.490 e. The summed E-state index contributed by atoms with van der Waals surface area (Å²) in [6, 6.07) is 7.09. The van der Waals surface area contributed by atoms with E-state index in [2.05, 4.69) is 22.0 Å². The summed E-state index contributed by atoms with van der Waals surface area (Å²) in [5.74, 6) is 0.479. The summed E-state index contributed by atoms with van der Waals surface area (Å²) in [5, 5.41) is 3.66. The monoisotopic (exact) mass is 376 g/mol. The molecule has 2 aliphatic heterocycles. The number of alkyl halides is 2. The van der Waals surface area contributed by atoms with Crippen molar-refractivity contribution in [3.05, 3.63) is 23.8 Å². The van der Waals surface area contributed by atoms with E-state index in [1.807, 2.05) is 19.1 Å². The van der Waals surface area contributed by atoms with E-state index in [1.165, 1.54) is 25.7 Å². The molecule has 1 N–H and O–H groups in total. The summed E-state index contributed by atoms with van der Waals surface area (Å²) in [5.41, 5.74) is 1.05. The Kier molecular flexibility index (Phi) is 7.28. The van der Waals surface area contributed by atoms with Crippen molar-refractivity contribution >= 4 is 12.4 Å². The third kappa shape index (κ3) is 5.19. The van der Waals surface area contributed by atoms with Gasteiger partial charge in [-0.25, -0.2) is 0 Å². The van der Waals surface area contributed by atoms with Crippen LogP contribution in [0.25, 0.3) is 0 Å². The van der Waals surface area contributed by atoms with Gasteiger partial charge in [-0.3, -0.25) is 4.90 Å². The van der Waals surface area contributed by atoms with E-state index in [9.17, 15) is 8.78 Å². The second-order valence-corrected chi connectivity index (χ2v) is 6.77. The van der Waals surface area contributed by atoms with Crippen LogP contribution in [0.5, 0.6) is 11.5 Å². The van der Waals surface area contributed by atoms with E-state index < -0.39 is 6.61 Å². The maximum Gasteiger partial charge on any atom is 0.387 e. The van der Waals surface area contributed by atoms with E-state index in [4.69, 9.17) is 4.74 Å². The van der Waals surface area contributed by atoms with Crippen molar-refractivity contribution in [2.75, 3.05) is 13.7 Å². The first-order valence-corrected chi connectivity index (χ1v) is 8.72. The van der Waals surface area contributed by atoms with Gasteiger partial charge in [0.15, 0.2) is 11.5 Å². The van der Waals surface area contributed by atoms with Crippen molar-refractivity contribution in [1.82, 2.24) is 10.2 Å². The second-order valence-electron chi connectivity index (χ2n) is 6.77. The molecular formula is C18H27ClF2N2O2. The molecule has 0 spiro atoms. The minimum atomic E-state index is -2.84. The van der Waals surface area contributed by atoms with E-state index in [0.29, 0.717) is 30.5 Å². The van der Waals surface area contributed by atoms with E-state index in [1.54, 1.807) is 6.07 Å². The third-order valence-electron chi connectivity index (χ3n) is 5.03. The van der Waals surface area contributed by atoms with Crippen LogP contribution in [-0.4, -0.2) is 43.3 Å². The van der Waals surface area contributed by atoms with Gasteiger partial charge in [0.05, 0.1) is 6.61 Å². The molecule has 2 saturated heterocycles. The molecule has 1 aromatic rings. The van der Waals surface area contributed by atoms with Crippen LogP contribution in [0.2, 0.25) is 0 Å². The van der Waals surface area contributed by atoms with Crippen LogP contribution in [0.4, 0.5) is 8.78 Å². The van der Waals surface area contributed by atoms with Crippen LogP contribution in [-0.2, 0) is 6.54 Å². The Bertz CT molecular complexity index is 550. The summed E-state index contributed by atoms with van der Waals surface area (Å²) in [6.45, 7) is 0.175. The fourth-order valence-electron chi connectivity index (χ4n) is 3.92. The molecule has 3 rings (SSSR count). The first-order valence-electron chi connectivity index (χ1n) is 8.72. The fourth-order valence-corrected chi connectivity index (χ4v) is 3.92. The van der Waals surface area contributed by atoms with Crippen molar-refractivity contribution in [2.24, 2.45) is 0 Å². The third-order valence-corrected chi connectivity index (χ3v) is 5.03. The normalized spacial score (nSPS) is 25.1. The van der Waals surface area contributed by atoms with Gasteiger partial charge >= 0.3 is 6.61 Å². The highest BCUT2D eigenvalue weighted by Gasteiger charge is 2.34. The number of ether oxygens (including phenoxy) is 2. The highest BCUT2D eigenvalue weighted by Crippen LogP contribution is 2.32. The summed E-state index contributed by atoms with van der Waals surface area (Å²) in [4.78, 5) is 2.37. The molecule has 2 atom stereocenters. The number of halogens is 3. The molecular weight excluding hydrogens is 350 g/mol. The lowest BCUT2D eigenvalue weighted by Gasteiger charge is -2.35. The molecule has 25 heavy (non-hydrogen) atoms. The summed E-state index contributed by atoms with van der Waals surface area (Å²) in [6.07, 6.45) is 4.92. The lowest BCUT2D eigenvalue weighted by Crippen LogP contribution is -2.46. The van der Waals surface area contributed by atoms with Crippen molar-refractivity contribution in [3.63, 3.8) is 0 Å². The zero-order valence-corrected chi connectivity index (χ0v) is 15.5. The molecule has 0 aliphatic carbocycles. The zero-order chi connectivity index (χ0) is 17.1. The lowest BCUT2D eigenvalue weighted by molar-refractivity contribution is -0.0514. The average molecular weight is 377 g/mol. The summed E-state index contributed by atoms with van der Waals surface area (Å²) >= 11 is 0. The minimum absolute atomic E-state index is 0. The van der Waals surface area contributed by atoms with Crippen LogP contribution in [0.15, 0.2) is 18.2 Å². The van der Waals surface area contributed by atoms with Gasteiger partial charge < -0.3 is 14.8 Å². The molecule has 2 heterocycles. The van der Waals surface area contributed by atoms with E-state index >= 15 is 0 Å². The smallest absolute Gasteiger partial charge is 0.387 e. The minimum Gasteiger partial charge on any atom is -0.490 e. The zero-order valence-electron chi connectivity index (χ0n) is 14.7. The van der Waals surface area contributed by atoms with Crippen LogP contribution in [0.1, 0.15) is 38.2 Å². The van der Waals surface area contributed by atoms with Crippen LogP contribution < -0.4 is 14.8 Å². The molecule has 142 valence electrons. The van der Waals surface area contributed by atoms with Crippen molar-refractivity contribution in [2.45, 2.75) is 63.9 Å². The molecule has 1 aromatic carbocycles. The van der Waals surface area contributed by atoms with Crippen LogP contribution in [0.3, 0.4) is 0 Å². The number of hydrogen-bond acceptors (Lipinski definition) is 4. The molecule has 0 saturated carbocycles. The fraction of sp³-hybridized carbons (Fsp3) is 0.667. The van der Waals surface area contributed by atoms with E-state index in [-0.39, 0.29) is 18.2 Å². The second kappa shape index (κ2) is 9.01. The van der Waals surface area contributed by atoms with Gasteiger partial charge in [-0.2, -0.15) is 8.78 Å². The molecule has 2 fully saturated rings. The Hall–Kier alpha value is -1.11. The first kappa shape index (κ1) is 20.2. The predicted molar refractivity (Wildman–Crippen MR) is 95.9 cm³/mol. The Labute approximate surface area is 154 Å². The number of nitrogens with zero attached hydrogens (tertiary/aromatic N) is 1. The van der Waals surface area contributed by atoms with Crippen LogP contribution in [0, 0.1) is 0 Å². The van der Waals surface area contributed by atoms with Crippen molar-refractivity contribution in [1.29, 1.82) is 0 Å². The molecule has 7 heteroatoms. The number of fused-ring (bicyclic) bond motifs is 2. The quantitative estimate of drug-likeness (QED) is 0.784. The summed E-state index contributed by atoms with van der Waals surface area (Å²) < 4.78 is 35.0. The Balaban J connectivity index is 0.00000225. The van der Waals surface area contributed by atoms with Gasteiger partial charge in [-0.15, -0.1) is 12.4 Å². The Morgan fingerprint density at radius 2 is 1.88 bits per heavy atom. The predicted octanol–water partition coefficient (Wildman–Crippen LogP) is 3.82. The molecule has 0 aromatic heterocycles. The topological polar surface area (TPSA) is 33.7 Å². The molecule has 4 nitrogen and oxygen atoms in total.